The van der Waals surface area contributed by atoms with Crippen LogP contribution in [-0.2, 0) is 6.54 Å². The summed E-state index contributed by atoms with van der Waals surface area (Å²) in [4.78, 5) is 23.0. The second kappa shape index (κ2) is 7.64. The van der Waals surface area contributed by atoms with Gasteiger partial charge in [-0.2, -0.15) is 0 Å². The van der Waals surface area contributed by atoms with Crippen LogP contribution in [0, 0.1) is 0 Å². The van der Waals surface area contributed by atoms with E-state index in [0.29, 0.717) is 21.4 Å². The van der Waals surface area contributed by atoms with Crippen molar-refractivity contribution in [2.24, 2.45) is 0 Å². The van der Waals surface area contributed by atoms with Gasteiger partial charge in [0.25, 0.3) is 5.91 Å². The summed E-state index contributed by atoms with van der Waals surface area (Å²) in [5, 5.41) is 12.4. The Balaban J connectivity index is 1.66. The summed E-state index contributed by atoms with van der Waals surface area (Å²) in [7, 11) is 0. The van der Waals surface area contributed by atoms with E-state index in [2.05, 4.69) is 5.32 Å². The number of benzene rings is 2. The van der Waals surface area contributed by atoms with E-state index >= 15 is 0 Å². The molecule has 1 heterocycles. The molecule has 0 radical (unpaired) electrons. The molecule has 7 heteroatoms. The van der Waals surface area contributed by atoms with E-state index in [0.717, 1.165) is 5.56 Å². The molecule has 0 spiro atoms. The molecule has 2 aromatic carbocycles. The van der Waals surface area contributed by atoms with Crippen LogP contribution in [0.2, 0.25) is 10.0 Å². The Morgan fingerprint density at radius 3 is 2.35 bits per heavy atom. The summed E-state index contributed by atoms with van der Waals surface area (Å²) in [6, 6.07) is 14.6. The highest BCUT2D eigenvalue weighted by atomic mass is 35.5. The highest BCUT2D eigenvalue weighted by Gasteiger charge is 2.13. The third-order valence-electron chi connectivity index (χ3n) is 3.69. The van der Waals surface area contributed by atoms with Crippen molar-refractivity contribution in [1.82, 2.24) is 5.32 Å². The monoisotopic (exact) mass is 389 g/mol. The number of halogens is 2. The Morgan fingerprint density at radius 2 is 1.69 bits per heavy atom. The zero-order chi connectivity index (χ0) is 18.7. The zero-order valence-corrected chi connectivity index (χ0v) is 14.8. The van der Waals surface area contributed by atoms with Crippen LogP contribution >= 0.6 is 23.2 Å². The molecule has 0 saturated heterocycles. The van der Waals surface area contributed by atoms with Crippen molar-refractivity contribution in [2.75, 3.05) is 0 Å². The standard InChI is InChI=1S/C19H13Cl2NO4/c20-14-6-5-13(9-15(14)21)16-7-8-17(26-16)18(23)22-10-11-1-3-12(4-2-11)19(24)25/h1-9H,10H2,(H,22,23)(H,24,25). The van der Waals surface area contributed by atoms with E-state index in [9.17, 15) is 9.59 Å². The number of hydrogen-bond acceptors (Lipinski definition) is 3. The van der Waals surface area contributed by atoms with Gasteiger partial charge in [-0.05, 0) is 48.0 Å². The summed E-state index contributed by atoms with van der Waals surface area (Å²) in [6.45, 7) is 0.252. The van der Waals surface area contributed by atoms with Crippen LogP contribution in [0.25, 0.3) is 11.3 Å². The SMILES string of the molecule is O=C(O)c1ccc(CNC(=O)c2ccc(-c3ccc(Cl)c(Cl)c3)o2)cc1. The van der Waals surface area contributed by atoms with Gasteiger partial charge in [-0.25, -0.2) is 4.79 Å². The number of carboxylic acid groups (broad SMARTS) is 1. The summed E-state index contributed by atoms with van der Waals surface area (Å²) in [5.41, 5.74) is 1.68. The van der Waals surface area contributed by atoms with Crippen molar-refractivity contribution >= 4 is 35.1 Å². The van der Waals surface area contributed by atoms with Crippen molar-refractivity contribution in [3.8, 4) is 11.3 Å². The van der Waals surface area contributed by atoms with Gasteiger partial charge in [0, 0.05) is 12.1 Å². The van der Waals surface area contributed by atoms with Crippen LogP contribution in [0.3, 0.4) is 0 Å². The Bertz CT molecular complexity index is 964. The molecule has 0 atom stereocenters. The van der Waals surface area contributed by atoms with Gasteiger partial charge >= 0.3 is 5.97 Å². The first-order chi connectivity index (χ1) is 12.4. The number of carbonyl (C=O) groups is 2. The minimum Gasteiger partial charge on any atom is -0.478 e. The van der Waals surface area contributed by atoms with Crippen molar-refractivity contribution in [3.05, 3.63) is 81.5 Å². The maximum Gasteiger partial charge on any atom is 0.335 e. The van der Waals surface area contributed by atoms with Crippen molar-refractivity contribution in [1.29, 1.82) is 0 Å². The summed E-state index contributed by atoms with van der Waals surface area (Å²) in [6.07, 6.45) is 0. The largest absolute Gasteiger partial charge is 0.478 e. The summed E-state index contributed by atoms with van der Waals surface area (Å²) in [5.74, 6) is -0.711. The van der Waals surface area contributed by atoms with Crippen LogP contribution in [0.5, 0.6) is 0 Å². The van der Waals surface area contributed by atoms with Crippen LogP contribution in [0.1, 0.15) is 26.5 Å². The molecule has 0 saturated carbocycles. The fourth-order valence-corrected chi connectivity index (χ4v) is 2.60. The van der Waals surface area contributed by atoms with E-state index in [1.165, 1.54) is 12.1 Å². The fourth-order valence-electron chi connectivity index (χ4n) is 2.30. The van der Waals surface area contributed by atoms with Crippen molar-refractivity contribution in [3.63, 3.8) is 0 Å². The van der Waals surface area contributed by atoms with Gasteiger partial charge in [-0.15, -0.1) is 0 Å². The fraction of sp³-hybridized carbons (Fsp3) is 0.0526. The molecule has 0 aliphatic rings. The number of hydrogen-bond donors (Lipinski definition) is 2. The van der Waals surface area contributed by atoms with Crippen molar-refractivity contribution < 1.29 is 19.1 Å². The Hall–Kier alpha value is -2.76. The lowest BCUT2D eigenvalue weighted by atomic mass is 10.1. The van der Waals surface area contributed by atoms with Crippen LogP contribution in [-0.4, -0.2) is 17.0 Å². The van der Waals surface area contributed by atoms with Gasteiger partial charge in [-0.1, -0.05) is 35.3 Å². The van der Waals surface area contributed by atoms with Gasteiger partial charge < -0.3 is 14.8 Å². The molecule has 0 aliphatic carbocycles. The lowest BCUT2D eigenvalue weighted by Crippen LogP contribution is -2.22. The van der Waals surface area contributed by atoms with Crippen LogP contribution in [0.4, 0.5) is 0 Å². The molecule has 3 rings (SSSR count). The second-order valence-corrected chi connectivity index (χ2v) is 6.29. The number of carbonyl (C=O) groups excluding carboxylic acids is 1. The Morgan fingerprint density at radius 1 is 0.962 bits per heavy atom. The topological polar surface area (TPSA) is 79.5 Å². The first kappa shape index (κ1) is 18.0. The molecule has 0 bridgehead atoms. The van der Waals surface area contributed by atoms with Crippen LogP contribution < -0.4 is 5.32 Å². The van der Waals surface area contributed by atoms with Gasteiger partial charge in [-0.3, -0.25) is 4.79 Å². The predicted octanol–water partition coefficient (Wildman–Crippen LogP) is 4.88. The first-order valence-electron chi connectivity index (χ1n) is 7.60. The zero-order valence-electron chi connectivity index (χ0n) is 13.3. The molecule has 5 nitrogen and oxygen atoms in total. The molecular weight excluding hydrogens is 377 g/mol. The molecule has 0 fully saturated rings. The van der Waals surface area contributed by atoms with E-state index in [-0.39, 0.29) is 23.8 Å². The summed E-state index contributed by atoms with van der Waals surface area (Å²) < 4.78 is 5.57. The molecule has 26 heavy (non-hydrogen) atoms. The molecule has 1 amide bonds. The van der Waals surface area contributed by atoms with Crippen molar-refractivity contribution in [2.45, 2.75) is 6.54 Å². The quantitative estimate of drug-likeness (QED) is 0.651. The van der Waals surface area contributed by atoms with E-state index in [4.69, 9.17) is 32.7 Å². The Kier molecular flexibility index (Phi) is 5.30. The average Bonchev–Trinajstić information content (AvgIpc) is 3.12. The minimum atomic E-state index is -0.994. The maximum absolute atomic E-state index is 12.2. The lowest BCUT2D eigenvalue weighted by Gasteiger charge is -2.04. The second-order valence-electron chi connectivity index (χ2n) is 5.48. The van der Waals surface area contributed by atoms with Crippen LogP contribution in [0.15, 0.2) is 59.0 Å². The number of rotatable bonds is 5. The number of amides is 1. The highest BCUT2D eigenvalue weighted by molar-refractivity contribution is 6.42. The first-order valence-corrected chi connectivity index (χ1v) is 8.35. The van der Waals surface area contributed by atoms with E-state index < -0.39 is 5.97 Å². The minimum absolute atomic E-state index is 0.160. The van der Waals surface area contributed by atoms with Gasteiger partial charge in [0.2, 0.25) is 0 Å². The number of carboxylic acids is 1. The predicted molar refractivity (Wildman–Crippen MR) is 98.7 cm³/mol. The smallest absolute Gasteiger partial charge is 0.335 e. The number of furan rings is 1. The molecule has 3 aromatic rings. The molecule has 1 aromatic heterocycles. The molecule has 2 N–H and O–H groups in total. The maximum atomic E-state index is 12.2. The summed E-state index contributed by atoms with van der Waals surface area (Å²) >= 11 is 11.9. The lowest BCUT2D eigenvalue weighted by molar-refractivity contribution is 0.0696. The van der Waals surface area contributed by atoms with E-state index in [1.807, 2.05) is 0 Å². The van der Waals surface area contributed by atoms with Gasteiger partial charge in [0.15, 0.2) is 5.76 Å². The van der Waals surface area contributed by atoms with Gasteiger partial charge in [0.1, 0.15) is 5.76 Å². The number of aromatic carboxylic acids is 1. The normalized spacial score (nSPS) is 10.5. The molecule has 0 aliphatic heterocycles. The molecule has 0 unspecified atom stereocenters. The number of nitrogens with one attached hydrogen (secondary N) is 1. The van der Waals surface area contributed by atoms with E-state index in [1.54, 1.807) is 42.5 Å². The molecule has 132 valence electrons. The third-order valence-corrected chi connectivity index (χ3v) is 4.43. The third kappa shape index (κ3) is 4.07. The average molecular weight is 390 g/mol. The molecular formula is C19H13Cl2NO4. The highest BCUT2D eigenvalue weighted by Crippen LogP contribution is 2.29. The Labute approximate surface area is 159 Å². The van der Waals surface area contributed by atoms with Gasteiger partial charge in [0.05, 0.1) is 15.6 Å².